The predicted molar refractivity (Wildman–Crippen MR) is 97.0 cm³/mol. The smallest absolute Gasteiger partial charge is 0.261 e. The monoisotopic (exact) mass is 375 g/mol. The van der Waals surface area contributed by atoms with Crippen LogP contribution in [0.15, 0.2) is 40.5 Å². The minimum Gasteiger partial charge on any atom is -0.472 e. The van der Waals surface area contributed by atoms with Crippen LogP contribution < -0.4 is 10.6 Å². The molecule has 1 saturated heterocycles. The van der Waals surface area contributed by atoms with Crippen molar-refractivity contribution in [3.8, 4) is 0 Å². The van der Waals surface area contributed by atoms with Crippen LogP contribution in [0.3, 0.4) is 0 Å². The molecule has 0 bridgehead atoms. The number of piperidine rings is 1. The Labute approximate surface area is 155 Å². The summed E-state index contributed by atoms with van der Waals surface area (Å²) >= 11 is 1.37. The number of likely N-dealkylation sites (tertiary alicyclic amines) is 1. The Hall–Kier alpha value is -2.61. The number of carbonyl (C=O) groups excluding carboxylic acids is 3. The molecule has 2 aromatic rings. The highest BCUT2D eigenvalue weighted by Crippen LogP contribution is 2.14. The molecule has 26 heavy (non-hydrogen) atoms. The zero-order valence-corrected chi connectivity index (χ0v) is 15.1. The molecule has 2 aromatic heterocycles. The maximum absolute atomic E-state index is 12.2. The first-order chi connectivity index (χ1) is 12.6. The summed E-state index contributed by atoms with van der Waals surface area (Å²) in [5.41, 5.74) is 0.550. The Morgan fingerprint density at radius 2 is 2.04 bits per heavy atom. The van der Waals surface area contributed by atoms with Crippen molar-refractivity contribution in [2.24, 2.45) is 0 Å². The molecule has 138 valence electrons. The number of amides is 3. The van der Waals surface area contributed by atoms with Gasteiger partial charge in [0.15, 0.2) is 0 Å². The number of furan rings is 1. The van der Waals surface area contributed by atoms with Crippen molar-refractivity contribution in [3.05, 3.63) is 46.5 Å². The van der Waals surface area contributed by atoms with Crippen LogP contribution in [0.1, 0.15) is 39.3 Å². The summed E-state index contributed by atoms with van der Waals surface area (Å²) in [6.45, 7) is 1.51. The summed E-state index contributed by atoms with van der Waals surface area (Å²) < 4.78 is 4.94. The van der Waals surface area contributed by atoms with Crippen LogP contribution in [-0.2, 0) is 4.79 Å². The van der Waals surface area contributed by atoms with Gasteiger partial charge in [-0.05, 0) is 30.4 Å². The van der Waals surface area contributed by atoms with E-state index in [1.54, 1.807) is 17.0 Å². The number of hydrogen-bond donors (Lipinski definition) is 2. The normalized spacial score (nSPS) is 14.8. The van der Waals surface area contributed by atoms with E-state index in [0.717, 1.165) is 12.8 Å². The third-order valence-corrected chi connectivity index (χ3v) is 5.17. The van der Waals surface area contributed by atoms with Crippen molar-refractivity contribution in [3.63, 3.8) is 0 Å². The van der Waals surface area contributed by atoms with Gasteiger partial charge in [-0.1, -0.05) is 6.07 Å². The lowest BCUT2D eigenvalue weighted by Gasteiger charge is -2.32. The van der Waals surface area contributed by atoms with Gasteiger partial charge in [0.2, 0.25) is 5.91 Å². The van der Waals surface area contributed by atoms with E-state index in [1.165, 1.54) is 23.9 Å². The largest absolute Gasteiger partial charge is 0.472 e. The number of nitrogens with one attached hydrogen (secondary N) is 2. The molecule has 0 unspecified atom stereocenters. The van der Waals surface area contributed by atoms with E-state index in [1.807, 2.05) is 11.4 Å². The Bertz CT molecular complexity index is 735. The second kappa shape index (κ2) is 8.66. The van der Waals surface area contributed by atoms with E-state index in [0.29, 0.717) is 30.1 Å². The Balaban J connectivity index is 1.34. The molecule has 0 spiro atoms. The van der Waals surface area contributed by atoms with Crippen molar-refractivity contribution >= 4 is 29.1 Å². The number of thiophene rings is 1. The van der Waals surface area contributed by atoms with Crippen LogP contribution in [0.5, 0.6) is 0 Å². The molecule has 3 heterocycles. The first-order valence-corrected chi connectivity index (χ1v) is 9.44. The molecule has 3 amide bonds. The summed E-state index contributed by atoms with van der Waals surface area (Å²) in [7, 11) is 0. The zero-order chi connectivity index (χ0) is 18.4. The van der Waals surface area contributed by atoms with E-state index >= 15 is 0 Å². The van der Waals surface area contributed by atoms with Crippen LogP contribution >= 0.6 is 11.3 Å². The molecule has 7 nitrogen and oxygen atoms in total. The van der Waals surface area contributed by atoms with Gasteiger partial charge in [0.05, 0.1) is 16.7 Å². The molecule has 8 heteroatoms. The Morgan fingerprint density at radius 1 is 1.23 bits per heavy atom. The SMILES string of the molecule is O=C(CCNC(=O)c1cccs1)NC1CCN(C(=O)c2ccoc2)CC1. The lowest BCUT2D eigenvalue weighted by atomic mass is 10.0. The molecule has 1 aliphatic heterocycles. The molecule has 0 saturated carbocycles. The van der Waals surface area contributed by atoms with Gasteiger partial charge in [-0.15, -0.1) is 11.3 Å². The van der Waals surface area contributed by atoms with Gasteiger partial charge in [0.25, 0.3) is 11.8 Å². The molecule has 1 aliphatic rings. The van der Waals surface area contributed by atoms with Crippen molar-refractivity contribution in [1.82, 2.24) is 15.5 Å². The van der Waals surface area contributed by atoms with E-state index in [9.17, 15) is 14.4 Å². The number of rotatable bonds is 6. The molecule has 1 fully saturated rings. The number of nitrogens with zero attached hydrogens (tertiary/aromatic N) is 1. The summed E-state index contributed by atoms with van der Waals surface area (Å²) in [4.78, 5) is 38.5. The Kier molecular flexibility index (Phi) is 6.06. The summed E-state index contributed by atoms with van der Waals surface area (Å²) in [6.07, 6.45) is 4.61. The van der Waals surface area contributed by atoms with Gasteiger partial charge in [0, 0.05) is 32.1 Å². The quantitative estimate of drug-likeness (QED) is 0.806. The highest BCUT2D eigenvalue weighted by atomic mass is 32.1. The third kappa shape index (κ3) is 4.72. The number of hydrogen-bond acceptors (Lipinski definition) is 5. The zero-order valence-electron chi connectivity index (χ0n) is 14.3. The molecule has 0 atom stereocenters. The molecular weight excluding hydrogens is 354 g/mol. The second-order valence-corrected chi connectivity index (χ2v) is 7.08. The summed E-state index contributed by atoms with van der Waals surface area (Å²) in [6, 6.07) is 5.28. The first-order valence-electron chi connectivity index (χ1n) is 8.56. The molecular formula is C18H21N3O4S. The molecule has 0 aliphatic carbocycles. The predicted octanol–water partition coefficient (Wildman–Crippen LogP) is 1.88. The van der Waals surface area contributed by atoms with E-state index in [4.69, 9.17) is 4.42 Å². The van der Waals surface area contributed by atoms with Crippen molar-refractivity contribution in [1.29, 1.82) is 0 Å². The summed E-state index contributed by atoms with van der Waals surface area (Å²) in [5, 5.41) is 7.56. The summed E-state index contributed by atoms with van der Waals surface area (Å²) in [5.74, 6) is -0.283. The second-order valence-electron chi connectivity index (χ2n) is 6.13. The molecule has 0 radical (unpaired) electrons. The maximum Gasteiger partial charge on any atom is 0.261 e. The lowest BCUT2D eigenvalue weighted by Crippen LogP contribution is -2.46. The highest BCUT2D eigenvalue weighted by molar-refractivity contribution is 7.12. The van der Waals surface area contributed by atoms with Gasteiger partial charge < -0.3 is 20.0 Å². The number of carbonyl (C=O) groups is 3. The van der Waals surface area contributed by atoms with Crippen molar-refractivity contribution in [2.45, 2.75) is 25.3 Å². The topological polar surface area (TPSA) is 91.7 Å². The van der Waals surface area contributed by atoms with E-state index < -0.39 is 0 Å². The van der Waals surface area contributed by atoms with Gasteiger partial charge in [-0.3, -0.25) is 14.4 Å². The average molecular weight is 375 g/mol. The van der Waals surface area contributed by atoms with Crippen LogP contribution in [0.2, 0.25) is 0 Å². The standard InChI is InChI=1S/C18H21N3O4S/c22-16(3-7-19-17(23)15-2-1-11-26-15)20-14-4-8-21(9-5-14)18(24)13-6-10-25-12-13/h1-2,6,10-12,14H,3-5,7-9H2,(H,19,23)(H,20,22). The van der Waals surface area contributed by atoms with Crippen LogP contribution in [-0.4, -0.2) is 48.3 Å². The van der Waals surface area contributed by atoms with Crippen molar-refractivity contribution in [2.75, 3.05) is 19.6 Å². The fraction of sp³-hybridized carbons (Fsp3) is 0.389. The molecule has 3 rings (SSSR count). The lowest BCUT2D eigenvalue weighted by molar-refractivity contribution is -0.121. The van der Waals surface area contributed by atoms with E-state index in [-0.39, 0.29) is 30.2 Å². The van der Waals surface area contributed by atoms with E-state index in [2.05, 4.69) is 10.6 Å². The highest BCUT2D eigenvalue weighted by Gasteiger charge is 2.25. The van der Waals surface area contributed by atoms with Gasteiger partial charge in [-0.2, -0.15) is 0 Å². The minimum atomic E-state index is -0.154. The maximum atomic E-state index is 12.2. The van der Waals surface area contributed by atoms with Crippen LogP contribution in [0.25, 0.3) is 0 Å². The molecule has 0 aromatic carbocycles. The first kappa shape index (κ1) is 18.2. The average Bonchev–Trinajstić information content (AvgIpc) is 3.35. The van der Waals surface area contributed by atoms with Crippen LogP contribution in [0, 0.1) is 0 Å². The van der Waals surface area contributed by atoms with Gasteiger partial charge in [-0.25, -0.2) is 0 Å². The minimum absolute atomic E-state index is 0.0418. The fourth-order valence-electron chi connectivity index (χ4n) is 2.88. The van der Waals surface area contributed by atoms with Gasteiger partial charge >= 0.3 is 0 Å². The molecule has 2 N–H and O–H groups in total. The van der Waals surface area contributed by atoms with Crippen LogP contribution in [0.4, 0.5) is 0 Å². The third-order valence-electron chi connectivity index (χ3n) is 4.30. The van der Waals surface area contributed by atoms with Gasteiger partial charge in [0.1, 0.15) is 6.26 Å². The Morgan fingerprint density at radius 3 is 2.69 bits per heavy atom. The fourth-order valence-corrected chi connectivity index (χ4v) is 3.52. The van der Waals surface area contributed by atoms with Crippen molar-refractivity contribution < 1.29 is 18.8 Å².